The minimum atomic E-state index is 0.980. The predicted octanol–water partition coefficient (Wildman–Crippen LogP) is 1.80. The third-order valence-electron chi connectivity index (χ3n) is 1.53. The van der Waals surface area contributed by atoms with E-state index in [1.807, 2.05) is 42.4 Å². The number of fused-ring (bicyclic) bond motifs is 1. The number of rotatable bonds is 0. The summed E-state index contributed by atoms with van der Waals surface area (Å²) in [5, 5.41) is 6.08. The summed E-state index contributed by atoms with van der Waals surface area (Å²) in [6, 6.07) is 0. The lowest BCUT2D eigenvalue weighted by atomic mass is 10.2. The van der Waals surface area contributed by atoms with E-state index in [4.69, 9.17) is 0 Å². The zero-order valence-corrected chi connectivity index (χ0v) is 6.28. The number of allylic oxidation sites excluding steroid dienone is 3. The van der Waals surface area contributed by atoms with Gasteiger partial charge in [-0.05, 0) is 19.1 Å². The molecule has 0 aliphatic carbocycles. The minimum absolute atomic E-state index is 0.980. The highest BCUT2D eigenvalue weighted by molar-refractivity contribution is 5.93. The normalized spacial score (nSPS) is 19.5. The monoisotopic (exact) mass is 144 g/mol. The Labute approximate surface area is 65.5 Å². The zero-order valence-electron chi connectivity index (χ0n) is 6.28. The number of hydrazone groups is 1. The summed E-state index contributed by atoms with van der Waals surface area (Å²) >= 11 is 0. The second-order valence-electron chi connectivity index (χ2n) is 2.46. The molecule has 2 aliphatic rings. The molecule has 0 radical (unpaired) electrons. The molecule has 2 heteroatoms. The average molecular weight is 144 g/mol. The molecule has 2 aliphatic heterocycles. The van der Waals surface area contributed by atoms with E-state index < -0.39 is 0 Å². The van der Waals surface area contributed by atoms with Gasteiger partial charge in [-0.25, -0.2) is 5.01 Å². The fraction of sp³-hybridized carbons (Fsp3) is 0.111. The Kier molecular flexibility index (Phi) is 1.27. The van der Waals surface area contributed by atoms with Crippen LogP contribution in [0.15, 0.2) is 47.0 Å². The van der Waals surface area contributed by atoms with Crippen molar-refractivity contribution in [2.45, 2.75) is 6.92 Å². The molecule has 0 fully saturated rings. The lowest BCUT2D eigenvalue weighted by Gasteiger charge is -2.18. The van der Waals surface area contributed by atoms with Crippen molar-refractivity contribution in [3.05, 3.63) is 41.9 Å². The van der Waals surface area contributed by atoms with E-state index in [0.29, 0.717) is 0 Å². The van der Waals surface area contributed by atoms with E-state index in [1.54, 1.807) is 0 Å². The Bertz CT molecular complexity index is 325. The van der Waals surface area contributed by atoms with Crippen molar-refractivity contribution in [3.63, 3.8) is 0 Å². The van der Waals surface area contributed by atoms with Gasteiger partial charge in [-0.15, -0.1) is 0 Å². The Morgan fingerprint density at radius 3 is 3.27 bits per heavy atom. The van der Waals surface area contributed by atoms with Crippen molar-refractivity contribution in [2.75, 3.05) is 0 Å². The van der Waals surface area contributed by atoms with Crippen molar-refractivity contribution < 1.29 is 0 Å². The summed E-state index contributed by atoms with van der Waals surface area (Å²) in [5.41, 5.74) is 5.10. The highest BCUT2D eigenvalue weighted by Crippen LogP contribution is 2.14. The summed E-state index contributed by atoms with van der Waals surface area (Å²) in [6.45, 7) is 1.95. The van der Waals surface area contributed by atoms with Crippen LogP contribution in [0.2, 0.25) is 0 Å². The van der Waals surface area contributed by atoms with Gasteiger partial charge in [0.05, 0.1) is 5.71 Å². The van der Waals surface area contributed by atoms with Crippen LogP contribution in [0.1, 0.15) is 6.92 Å². The van der Waals surface area contributed by atoms with E-state index in [2.05, 4.69) is 10.8 Å². The van der Waals surface area contributed by atoms with Crippen molar-refractivity contribution in [1.29, 1.82) is 0 Å². The number of hydrogen-bond acceptors (Lipinski definition) is 2. The van der Waals surface area contributed by atoms with Gasteiger partial charge in [0.15, 0.2) is 0 Å². The van der Waals surface area contributed by atoms with Crippen LogP contribution in [0.25, 0.3) is 0 Å². The third-order valence-corrected chi connectivity index (χ3v) is 1.53. The first-order chi connectivity index (χ1) is 5.36. The minimum Gasteiger partial charge on any atom is -0.233 e. The maximum Gasteiger partial charge on any atom is 0.107 e. The molecule has 0 bridgehead atoms. The van der Waals surface area contributed by atoms with Gasteiger partial charge in [0.25, 0.3) is 0 Å². The van der Waals surface area contributed by atoms with E-state index in [9.17, 15) is 0 Å². The van der Waals surface area contributed by atoms with E-state index in [0.717, 1.165) is 11.4 Å². The van der Waals surface area contributed by atoms with E-state index >= 15 is 0 Å². The van der Waals surface area contributed by atoms with Gasteiger partial charge >= 0.3 is 0 Å². The highest BCUT2D eigenvalue weighted by Gasteiger charge is 2.06. The summed E-state index contributed by atoms with van der Waals surface area (Å²) < 4.78 is 0. The Morgan fingerprint density at radius 1 is 1.45 bits per heavy atom. The third kappa shape index (κ3) is 1.04. The molecular weight excluding hydrogens is 136 g/mol. The molecule has 0 saturated heterocycles. The van der Waals surface area contributed by atoms with Crippen molar-refractivity contribution in [1.82, 2.24) is 5.01 Å². The first-order valence-corrected chi connectivity index (χ1v) is 3.52. The van der Waals surface area contributed by atoms with Crippen LogP contribution in [0.4, 0.5) is 0 Å². The van der Waals surface area contributed by atoms with Crippen LogP contribution in [0.3, 0.4) is 0 Å². The zero-order chi connectivity index (χ0) is 7.68. The first kappa shape index (κ1) is 6.20. The molecule has 0 saturated carbocycles. The van der Waals surface area contributed by atoms with Gasteiger partial charge in [0.1, 0.15) is 5.70 Å². The quantitative estimate of drug-likeness (QED) is 0.473. The topological polar surface area (TPSA) is 15.6 Å². The van der Waals surface area contributed by atoms with E-state index in [-0.39, 0.29) is 0 Å². The highest BCUT2D eigenvalue weighted by atomic mass is 15.4. The molecule has 2 heterocycles. The van der Waals surface area contributed by atoms with Gasteiger partial charge in [-0.3, -0.25) is 0 Å². The molecule has 2 nitrogen and oxygen atoms in total. The van der Waals surface area contributed by atoms with Crippen molar-refractivity contribution >= 4 is 5.71 Å². The molecule has 0 N–H and O–H groups in total. The van der Waals surface area contributed by atoms with Crippen LogP contribution in [0, 0.1) is 0 Å². The van der Waals surface area contributed by atoms with Crippen molar-refractivity contribution in [3.8, 4) is 0 Å². The Morgan fingerprint density at radius 2 is 2.36 bits per heavy atom. The van der Waals surface area contributed by atoms with Crippen LogP contribution in [-0.2, 0) is 0 Å². The van der Waals surface area contributed by atoms with Crippen LogP contribution in [0.5, 0.6) is 0 Å². The predicted molar refractivity (Wildman–Crippen MR) is 44.8 cm³/mol. The summed E-state index contributed by atoms with van der Waals surface area (Å²) in [7, 11) is 0. The fourth-order valence-electron chi connectivity index (χ4n) is 1.01. The molecule has 0 unspecified atom stereocenters. The maximum atomic E-state index is 4.26. The Balaban J connectivity index is 2.48. The maximum absolute atomic E-state index is 4.26. The molecule has 0 atom stereocenters. The average Bonchev–Trinajstić information content (AvgIpc) is 2.04. The molecule has 2 rings (SSSR count). The van der Waals surface area contributed by atoms with Gasteiger partial charge in [-0.2, -0.15) is 5.10 Å². The molecule has 0 amide bonds. The van der Waals surface area contributed by atoms with Gasteiger partial charge < -0.3 is 0 Å². The SMILES string of the molecule is CC1=NN2C=CC=CC2=C=C1. The van der Waals surface area contributed by atoms with Crippen molar-refractivity contribution in [2.24, 2.45) is 5.10 Å². The Hall–Kier alpha value is -1.53. The summed E-state index contributed by atoms with van der Waals surface area (Å²) in [6.07, 6.45) is 9.71. The smallest absolute Gasteiger partial charge is 0.107 e. The van der Waals surface area contributed by atoms with Crippen LogP contribution < -0.4 is 0 Å². The second-order valence-corrected chi connectivity index (χ2v) is 2.46. The van der Waals surface area contributed by atoms with Gasteiger partial charge in [-0.1, -0.05) is 11.8 Å². The fourth-order valence-corrected chi connectivity index (χ4v) is 1.01. The molecule has 0 aromatic heterocycles. The molecule has 0 aromatic carbocycles. The number of nitrogens with zero attached hydrogens (tertiary/aromatic N) is 2. The molecule has 54 valence electrons. The van der Waals surface area contributed by atoms with Crippen LogP contribution >= 0.6 is 0 Å². The van der Waals surface area contributed by atoms with E-state index in [1.165, 1.54) is 0 Å². The van der Waals surface area contributed by atoms with Gasteiger partial charge in [0.2, 0.25) is 0 Å². The standard InChI is InChI=1S/C9H8N2/c1-8-5-6-9-4-2-3-7-11(9)10-8/h2-5,7H,1H3. The number of hydrogen-bond donors (Lipinski definition) is 0. The molecular formula is C9H8N2. The first-order valence-electron chi connectivity index (χ1n) is 3.52. The molecule has 0 spiro atoms. The molecule has 0 aromatic rings. The summed E-state index contributed by atoms with van der Waals surface area (Å²) in [5.74, 6) is 0. The lowest BCUT2D eigenvalue weighted by Crippen LogP contribution is -2.13. The summed E-state index contributed by atoms with van der Waals surface area (Å²) in [4.78, 5) is 0. The largest absolute Gasteiger partial charge is 0.233 e. The second kappa shape index (κ2) is 2.26. The molecule has 11 heavy (non-hydrogen) atoms. The van der Waals surface area contributed by atoms with Gasteiger partial charge in [0, 0.05) is 12.3 Å². The van der Waals surface area contributed by atoms with Crippen LogP contribution in [-0.4, -0.2) is 10.7 Å². The lowest BCUT2D eigenvalue weighted by molar-refractivity contribution is 0.508.